The minimum Gasteiger partial charge on any atom is -0.502 e. The van der Waals surface area contributed by atoms with Crippen LogP contribution in [-0.2, 0) is 16.1 Å². The topological polar surface area (TPSA) is 113 Å². The van der Waals surface area contributed by atoms with Gasteiger partial charge in [-0.3, -0.25) is 14.5 Å². The molecule has 0 bridgehead atoms. The molecule has 1 saturated heterocycles. The molecule has 40 heavy (non-hydrogen) atoms. The quantitative estimate of drug-likeness (QED) is 0.265. The summed E-state index contributed by atoms with van der Waals surface area (Å²) in [6.07, 6.45) is 0.373. The highest BCUT2D eigenvalue weighted by atomic mass is 35.5. The van der Waals surface area contributed by atoms with Crippen LogP contribution in [0.15, 0.2) is 60.7 Å². The van der Waals surface area contributed by atoms with E-state index in [2.05, 4.69) is 10.3 Å². The number of fused-ring (bicyclic) bond motifs is 1. The molecule has 5 rings (SSSR count). The smallest absolute Gasteiger partial charge is 0.323 e. The zero-order valence-corrected chi connectivity index (χ0v) is 23.1. The summed E-state index contributed by atoms with van der Waals surface area (Å²) in [6.45, 7) is 0.753. The van der Waals surface area contributed by atoms with Crippen molar-refractivity contribution in [3.05, 3.63) is 76.9 Å². The number of carbonyl (C=O) groups is 2. The predicted molar refractivity (Wildman–Crippen MR) is 152 cm³/mol. The van der Waals surface area contributed by atoms with Crippen molar-refractivity contribution in [2.24, 2.45) is 0 Å². The summed E-state index contributed by atoms with van der Waals surface area (Å²) in [5.41, 5.74) is 3.63. The molecule has 10 heteroatoms. The molecular formula is C30H30ClN3O6. The Morgan fingerprint density at radius 1 is 1.05 bits per heavy atom. The Hall–Kier alpha value is -4.21. The number of aromatic hydroxyl groups is 1. The predicted octanol–water partition coefficient (Wildman–Crippen LogP) is 4.76. The SMILES string of the molecule is COC(=O)[C@@H]1C[C@H](NC(=O)c2[nH]c3ccc(Cl)cc3c2-c2ccccc2)CN1Cc1cc(OC)c(O)c(OC)c1. The van der Waals surface area contributed by atoms with Crippen LogP contribution in [0.4, 0.5) is 0 Å². The highest BCUT2D eigenvalue weighted by molar-refractivity contribution is 6.31. The fourth-order valence-electron chi connectivity index (χ4n) is 5.33. The summed E-state index contributed by atoms with van der Waals surface area (Å²) in [5.74, 6) is -0.242. The van der Waals surface area contributed by atoms with Gasteiger partial charge in [-0.25, -0.2) is 0 Å². The van der Waals surface area contributed by atoms with E-state index >= 15 is 0 Å². The number of phenolic OH excluding ortho intramolecular Hbond substituents is 1. The Kier molecular flexibility index (Phi) is 7.86. The van der Waals surface area contributed by atoms with Crippen LogP contribution in [-0.4, -0.2) is 66.8 Å². The molecule has 1 aromatic heterocycles. The molecule has 0 spiro atoms. The highest BCUT2D eigenvalue weighted by Gasteiger charge is 2.39. The van der Waals surface area contributed by atoms with Gasteiger partial charge < -0.3 is 29.6 Å². The standard InChI is InChI=1S/C30H30ClN3O6/c1-38-24-11-17(12-25(39-2)28(24)35)15-34-16-20(14-23(34)30(37)40-3)32-29(36)27-26(18-7-5-4-6-8-18)21-13-19(31)9-10-22(21)33-27/h4-13,20,23,33,35H,14-16H2,1-3H3,(H,32,36)/t20-,23-/m0/s1. The molecule has 0 unspecified atom stereocenters. The molecule has 1 aliphatic rings. The van der Waals surface area contributed by atoms with Gasteiger partial charge in [0.15, 0.2) is 11.5 Å². The van der Waals surface area contributed by atoms with E-state index in [0.717, 1.165) is 27.6 Å². The van der Waals surface area contributed by atoms with Gasteiger partial charge in [-0.05, 0) is 47.9 Å². The highest BCUT2D eigenvalue weighted by Crippen LogP contribution is 2.38. The van der Waals surface area contributed by atoms with Gasteiger partial charge in [0.1, 0.15) is 11.7 Å². The Morgan fingerprint density at radius 3 is 2.40 bits per heavy atom. The number of nitrogens with one attached hydrogen (secondary N) is 2. The number of aromatic amines is 1. The summed E-state index contributed by atoms with van der Waals surface area (Å²) < 4.78 is 15.6. The van der Waals surface area contributed by atoms with Crippen molar-refractivity contribution in [2.45, 2.75) is 25.0 Å². The molecule has 2 heterocycles. The van der Waals surface area contributed by atoms with Crippen LogP contribution in [0.2, 0.25) is 5.02 Å². The minimum atomic E-state index is -0.573. The van der Waals surface area contributed by atoms with Crippen molar-refractivity contribution in [1.82, 2.24) is 15.2 Å². The van der Waals surface area contributed by atoms with Gasteiger partial charge in [0, 0.05) is 40.6 Å². The summed E-state index contributed by atoms with van der Waals surface area (Å²) >= 11 is 6.30. The summed E-state index contributed by atoms with van der Waals surface area (Å²) in [5, 5.41) is 14.8. The maximum absolute atomic E-state index is 13.7. The van der Waals surface area contributed by atoms with Crippen molar-refractivity contribution >= 4 is 34.4 Å². The van der Waals surface area contributed by atoms with Crippen LogP contribution in [0.3, 0.4) is 0 Å². The van der Waals surface area contributed by atoms with E-state index in [4.69, 9.17) is 25.8 Å². The van der Waals surface area contributed by atoms with Crippen molar-refractivity contribution in [3.8, 4) is 28.4 Å². The first kappa shape index (κ1) is 27.4. The number of hydrogen-bond acceptors (Lipinski definition) is 7. The molecule has 0 saturated carbocycles. The molecular weight excluding hydrogens is 534 g/mol. The summed E-state index contributed by atoms with van der Waals surface area (Å²) in [6, 6.07) is 17.6. The number of rotatable bonds is 8. The van der Waals surface area contributed by atoms with Gasteiger partial charge >= 0.3 is 5.97 Å². The van der Waals surface area contributed by atoms with Gasteiger partial charge in [-0.2, -0.15) is 0 Å². The average Bonchev–Trinajstić information content (AvgIpc) is 3.54. The molecule has 1 aliphatic heterocycles. The molecule has 2 atom stereocenters. The normalized spacial score (nSPS) is 17.1. The van der Waals surface area contributed by atoms with Gasteiger partial charge in [0.05, 0.1) is 21.3 Å². The Labute approximate surface area is 236 Å². The number of H-pyrrole nitrogens is 1. The lowest BCUT2D eigenvalue weighted by atomic mass is 10.0. The lowest BCUT2D eigenvalue weighted by Gasteiger charge is -2.23. The third kappa shape index (κ3) is 5.30. The second-order valence-corrected chi connectivity index (χ2v) is 10.1. The Bertz CT molecular complexity index is 1530. The molecule has 3 N–H and O–H groups in total. The number of aromatic nitrogens is 1. The first-order valence-electron chi connectivity index (χ1n) is 12.8. The number of hydrogen-bond donors (Lipinski definition) is 3. The lowest BCUT2D eigenvalue weighted by Crippen LogP contribution is -2.38. The lowest BCUT2D eigenvalue weighted by molar-refractivity contribution is -0.146. The van der Waals surface area contributed by atoms with Gasteiger partial charge in [0.2, 0.25) is 5.75 Å². The molecule has 1 amide bonds. The van der Waals surface area contributed by atoms with Crippen molar-refractivity contribution < 1.29 is 28.9 Å². The fraction of sp³-hybridized carbons (Fsp3) is 0.267. The Balaban J connectivity index is 1.42. The molecule has 0 radical (unpaired) electrons. The van der Waals surface area contributed by atoms with Crippen molar-refractivity contribution in [2.75, 3.05) is 27.9 Å². The second kappa shape index (κ2) is 11.5. The van der Waals surface area contributed by atoms with Crippen LogP contribution in [0.5, 0.6) is 17.2 Å². The van der Waals surface area contributed by atoms with E-state index in [0.29, 0.717) is 30.2 Å². The van der Waals surface area contributed by atoms with E-state index in [1.165, 1.54) is 21.3 Å². The van der Waals surface area contributed by atoms with Gasteiger partial charge in [-0.15, -0.1) is 0 Å². The van der Waals surface area contributed by atoms with E-state index in [9.17, 15) is 14.7 Å². The monoisotopic (exact) mass is 563 g/mol. The maximum Gasteiger partial charge on any atom is 0.323 e. The number of methoxy groups -OCH3 is 3. The summed E-state index contributed by atoms with van der Waals surface area (Å²) in [4.78, 5) is 31.6. The first-order valence-corrected chi connectivity index (χ1v) is 13.1. The molecule has 0 aliphatic carbocycles. The maximum atomic E-state index is 13.7. The largest absolute Gasteiger partial charge is 0.502 e. The number of esters is 1. The third-order valence-corrected chi connectivity index (χ3v) is 7.42. The number of amides is 1. The number of likely N-dealkylation sites (tertiary alicyclic amines) is 1. The molecule has 208 valence electrons. The number of nitrogens with zero attached hydrogens (tertiary/aromatic N) is 1. The zero-order chi connectivity index (χ0) is 28.4. The number of ether oxygens (including phenoxy) is 3. The number of phenols is 1. The van der Waals surface area contributed by atoms with E-state index in [1.54, 1.807) is 18.2 Å². The first-order chi connectivity index (χ1) is 19.3. The second-order valence-electron chi connectivity index (χ2n) is 9.65. The molecule has 9 nitrogen and oxygen atoms in total. The van der Waals surface area contributed by atoms with Crippen molar-refractivity contribution in [1.29, 1.82) is 0 Å². The van der Waals surface area contributed by atoms with Gasteiger partial charge in [-0.1, -0.05) is 41.9 Å². The molecule has 4 aromatic rings. The average molecular weight is 564 g/mol. The van der Waals surface area contributed by atoms with Crippen molar-refractivity contribution in [3.63, 3.8) is 0 Å². The van der Waals surface area contributed by atoms with Crippen LogP contribution < -0.4 is 14.8 Å². The zero-order valence-electron chi connectivity index (χ0n) is 22.4. The Morgan fingerprint density at radius 2 is 1.75 bits per heavy atom. The summed E-state index contributed by atoms with van der Waals surface area (Å²) in [7, 11) is 4.26. The van der Waals surface area contributed by atoms with Crippen LogP contribution in [0.25, 0.3) is 22.0 Å². The van der Waals surface area contributed by atoms with Gasteiger partial charge in [0.25, 0.3) is 5.91 Å². The van der Waals surface area contributed by atoms with E-state index in [-0.39, 0.29) is 35.2 Å². The van der Waals surface area contributed by atoms with Crippen LogP contribution in [0, 0.1) is 0 Å². The molecule has 3 aromatic carbocycles. The van der Waals surface area contributed by atoms with Crippen LogP contribution in [0.1, 0.15) is 22.5 Å². The van der Waals surface area contributed by atoms with E-state index < -0.39 is 6.04 Å². The van der Waals surface area contributed by atoms with Crippen LogP contribution >= 0.6 is 11.6 Å². The third-order valence-electron chi connectivity index (χ3n) is 7.19. The fourth-order valence-corrected chi connectivity index (χ4v) is 5.51. The van der Waals surface area contributed by atoms with E-state index in [1.807, 2.05) is 47.4 Å². The minimum absolute atomic E-state index is 0.0985. The number of halogens is 1. The molecule has 1 fully saturated rings. The number of carbonyl (C=O) groups excluding carboxylic acids is 2. The number of benzene rings is 3.